The summed E-state index contributed by atoms with van der Waals surface area (Å²) in [4.78, 5) is 10.7. The van der Waals surface area contributed by atoms with Crippen LogP contribution in [-0.2, 0) is 5.41 Å². The number of hydrogen-bond donors (Lipinski definition) is 0. The van der Waals surface area contributed by atoms with Crippen molar-refractivity contribution in [1.82, 2.24) is 9.97 Å². The third kappa shape index (κ3) is 5.64. The van der Waals surface area contributed by atoms with Gasteiger partial charge in [0, 0.05) is 16.7 Å². The SMILES string of the molecule is c1ccc(-c2cc(-c3ccccc3)cc(-c3nc(-c4ccccc4)cc(-c4cccc(-c5ccc6c(c5)C5(c7ccccc7-c7ccccc75)c5ccccc5-6)c4)n3)c2)cc1. The van der Waals surface area contributed by atoms with Gasteiger partial charge in [-0.1, -0.05) is 194 Å². The highest BCUT2D eigenvalue weighted by atomic mass is 14.9. The third-order valence-electron chi connectivity index (χ3n) is 12.7. The van der Waals surface area contributed by atoms with E-state index in [1.807, 2.05) is 6.07 Å². The van der Waals surface area contributed by atoms with E-state index in [0.29, 0.717) is 5.82 Å². The molecular formula is C59H38N2. The third-order valence-corrected chi connectivity index (χ3v) is 12.7. The van der Waals surface area contributed by atoms with Gasteiger partial charge in [-0.15, -0.1) is 0 Å². The molecule has 0 amide bonds. The molecule has 10 aromatic rings. The van der Waals surface area contributed by atoms with E-state index in [-0.39, 0.29) is 0 Å². The van der Waals surface area contributed by atoms with Crippen LogP contribution in [0.3, 0.4) is 0 Å². The van der Waals surface area contributed by atoms with E-state index in [0.717, 1.165) is 55.9 Å². The Morgan fingerprint density at radius 2 is 0.623 bits per heavy atom. The minimum atomic E-state index is -0.397. The second kappa shape index (κ2) is 14.1. The van der Waals surface area contributed by atoms with Crippen molar-refractivity contribution in [2.75, 3.05) is 0 Å². The highest BCUT2D eigenvalue weighted by Crippen LogP contribution is 2.63. The lowest BCUT2D eigenvalue weighted by molar-refractivity contribution is 0.794. The van der Waals surface area contributed by atoms with E-state index in [9.17, 15) is 0 Å². The molecule has 0 bridgehead atoms. The predicted octanol–water partition coefficient (Wildman–Crippen LogP) is 14.8. The maximum atomic E-state index is 5.39. The van der Waals surface area contributed by atoms with Crippen molar-refractivity contribution in [2.45, 2.75) is 5.41 Å². The molecule has 0 saturated carbocycles. The van der Waals surface area contributed by atoms with Gasteiger partial charge in [-0.05, 0) is 114 Å². The number of benzene rings is 9. The van der Waals surface area contributed by atoms with E-state index in [1.54, 1.807) is 0 Å². The molecule has 0 atom stereocenters. The maximum absolute atomic E-state index is 5.39. The molecule has 2 nitrogen and oxygen atoms in total. The summed E-state index contributed by atoms with van der Waals surface area (Å²) in [6, 6.07) is 83.4. The fourth-order valence-electron chi connectivity index (χ4n) is 9.96. The summed E-state index contributed by atoms with van der Waals surface area (Å²) in [7, 11) is 0. The van der Waals surface area contributed by atoms with Crippen LogP contribution in [0.4, 0.5) is 0 Å². The molecule has 0 saturated heterocycles. The molecule has 9 aromatic carbocycles. The van der Waals surface area contributed by atoms with Gasteiger partial charge in [0.1, 0.15) is 0 Å². The zero-order chi connectivity index (χ0) is 40.3. The Hall–Kier alpha value is -7.94. The maximum Gasteiger partial charge on any atom is 0.160 e. The van der Waals surface area contributed by atoms with Crippen molar-refractivity contribution in [3.63, 3.8) is 0 Å². The quantitative estimate of drug-likeness (QED) is 0.168. The Kier molecular flexibility index (Phi) is 8.11. The van der Waals surface area contributed by atoms with E-state index < -0.39 is 5.41 Å². The van der Waals surface area contributed by atoms with Gasteiger partial charge in [-0.25, -0.2) is 9.97 Å². The van der Waals surface area contributed by atoms with Crippen LogP contribution in [0.1, 0.15) is 22.3 Å². The largest absolute Gasteiger partial charge is 0.228 e. The van der Waals surface area contributed by atoms with Crippen LogP contribution in [0.15, 0.2) is 231 Å². The van der Waals surface area contributed by atoms with Gasteiger partial charge in [-0.2, -0.15) is 0 Å². The monoisotopic (exact) mass is 774 g/mol. The molecule has 1 heterocycles. The van der Waals surface area contributed by atoms with Crippen molar-refractivity contribution >= 4 is 0 Å². The summed E-state index contributed by atoms with van der Waals surface area (Å²) in [6.07, 6.45) is 0. The zero-order valence-corrected chi connectivity index (χ0v) is 33.3. The molecule has 2 aliphatic rings. The number of aromatic nitrogens is 2. The lowest BCUT2D eigenvalue weighted by atomic mass is 9.70. The summed E-state index contributed by atoms with van der Waals surface area (Å²) in [5, 5.41) is 0. The molecule has 284 valence electrons. The summed E-state index contributed by atoms with van der Waals surface area (Å²) in [5.41, 5.74) is 21.9. The molecule has 0 aliphatic heterocycles. The standard InChI is InChI=1S/C59H38N2/c1-4-17-39(18-5-1)45-34-46(40-19-6-2-7-20-40)36-47(35-45)58-60-56(41-21-8-3-9-22-41)38-57(61-58)44-24-16-23-42(33-44)43-31-32-51-50-27-12-15-30-54(50)59(55(51)37-43)52-28-13-10-25-48(52)49-26-11-14-29-53(49)59/h1-38H. The average molecular weight is 775 g/mol. The van der Waals surface area contributed by atoms with Gasteiger partial charge in [-0.3, -0.25) is 0 Å². The molecule has 1 spiro atoms. The van der Waals surface area contributed by atoms with E-state index in [2.05, 4.69) is 224 Å². The van der Waals surface area contributed by atoms with E-state index >= 15 is 0 Å². The predicted molar refractivity (Wildman–Crippen MR) is 251 cm³/mol. The summed E-state index contributed by atoms with van der Waals surface area (Å²) < 4.78 is 0. The fraction of sp³-hybridized carbons (Fsp3) is 0.0169. The first kappa shape index (κ1) is 35.0. The minimum Gasteiger partial charge on any atom is -0.228 e. The molecule has 2 heteroatoms. The zero-order valence-electron chi connectivity index (χ0n) is 33.3. The molecule has 0 N–H and O–H groups in total. The summed E-state index contributed by atoms with van der Waals surface area (Å²) in [5.74, 6) is 0.688. The lowest BCUT2D eigenvalue weighted by Crippen LogP contribution is -2.25. The van der Waals surface area contributed by atoms with Crippen LogP contribution in [0.2, 0.25) is 0 Å². The van der Waals surface area contributed by atoms with Gasteiger partial charge < -0.3 is 0 Å². The highest BCUT2D eigenvalue weighted by molar-refractivity contribution is 5.96. The average Bonchev–Trinajstić information content (AvgIpc) is 3.82. The smallest absolute Gasteiger partial charge is 0.160 e. The molecule has 0 radical (unpaired) electrons. The molecule has 61 heavy (non-hydrogen) atoms. The van der Waals surface area contributed by atoms with Crippen LogP contribution in [0.25, 0.3) is 89.5 Å². The Bertz CT molecular complexity index is 3170. The van der Waals surface area contributed by atoms with Crippen LogP contribution >= 0.6 is 0 Å². The van der Waals surface area contributed by atoms with Gasteiger partial charge in [0.2, 0.25) is 0 Å². The van der Waals surface area contributed by atoms with Gasteiger partial charge in [0.25, 0.3) is 0 Å². The molecule has 1 aromatic heterocycles. The van der Waals surface area contributed by atoms with Crippen LogP contribution in [0.5, 0.6) is 0 Å². The molecule has 12 rings (SSSR count). The molecular weight excluding hydrogens is 737 g/mol. The van der Waals surface area contributed by atoms with Gasteiger partial charge >= 0.3 is 0 Å². The number of rotatable bonds is 6. The Morgan fingerprint density at radius 1 is 0.230 bits per heavy atom. The van der Waals surface area contributed by atoms with Crippen molar-refractivity contribution in [3.8, 4) is 89.5 Å². The molecule has 0 fully saturated rings. The van der Waals surface area contributed by atoms with E-state index in [4.69, 9.17) is 9.97 Å². The van der Waals surface area contributed by atoms with Crippen molar-refractivity contribution in [2.24, 2.45) is 0 Å². The van der Waals surface area contributed by atoms with Gasteiger partial charge in [0.15, 0.2) is 5.82 Å². The normalized spacial score (nSPS) is 12.7. The number of nitrogens with zero attached hydrogens (tertiary/aromatic N) is 2. The van der Waals surface area contributed by atoms with Crippen LogP contribution in [0, 0.1) is 0 Å². The lowest BCUT2D eigenvalue weighted by Gasteiger charge is -2.30. The van der Waals surface area contributed by atoms with Crippen LogP contribution in [-0.4, -0.2) is 9.97 Å². The second-order valence-corrected chi connectivity index (χ2v) is 16.1. The Morgan fingerprint density at radius 3 is 1.18 bits per heavy atom. The molecule has 2 aliphatic carbocycles. The van der Waals surface area contributed by atoms with Crippen LogP contribution < -0.4 is 0 Å². The fourth-order valence-corrected chi connectivity index (χ4v) is 9.96. The number of hydrogen-bond acceptors (Lipinski definition) is 2. The van der Waals surface area contributed by atoms with Crippen molar-refractivity contribution in [3.05, 3.63) is 253 Å². The van der Waals surface area contributed by atoms with Crippen molar-refractivity contribution in [1.29, 1.82) is 0 Å². The minimum absolute atomic E-state index is 0.397. The first-order chi connectivity index (χ1) is 30.2. The first-order valence-electron chi connectivity index (χ1n) is 21.0. The second-order valence-electron chi connectivity index (χ2n) is 16.1. The Balaban J connectivity index is 1.02. The highest BCUT2D eigenvalue weighted by Gasteiger charge is 2.51. The molecule has 0 unspecified atom stereocenters. The number of fused-ring (bicyclic) bond motifs is 10. The Labute approximate surface area is 356 Å². The topological polar surface area (TPSA) is 25.8 Å². The summed E-state index contributed by atoms with van der Waals surface area (Å²) in [6.45, 7) is 0. The van der Waals surface area contributed by atoms with Gasteiger partial charge in [0.05, 0.1) is 16.8 Å². The van der Waals surface area contributed by atoms with E-state index in [1.165, 1.54) is 50.1 Å². The first-order valence-corrected chi connectivity index (χ1v) is 21.0. The van der Waals surface area contributed by atoms with Crippen molar-refractivity contribution < 1.29 is 0 Å². The summed E-state index contributed by atoms with van der Waals surface area (Å²) >= 11 is 0.